The predicted molar refractivity (Wildman–Crippen MR) is 94.7 cm³/mol. The highest BCUT2D eigenvalue weighted by atomic mass is 16.5. The van der Waals surface area contributed by atoms with Gasteiger partial charge in [-0.25, -0.2) is 0 Å². The Balaban J connectivity index is 1.63. The molecular weight excluding hydrogens is 318 g/mol. The highest BCUT2D eigenvalue weighted by Gasteiger charge is 2.30. The molecule has 3 rings (SSSR count). The van der Waals surface area contributed by atoms with Gasteiger partial charge in [0.15, 0.2) is 0 Å². The van der Waals surface area contributed by atoms with Gasteiger partial charge in [0.2, 0.25) is 5.91 Å². The lowest BCUT2D eigenvalue weighted by atomic mass is 10.1. The normalized spacial score (nSPS) is 17.5. The average Bonchev–Trinajstić information content (AvgIpc) is 3.15. The van der Waals surface area contributed by atoms with Crippen molar-refractivity contribution >= 4 is 5.91 Å². The zero-order chi connectivity index (χ0) is 17.6. The van der Waals surface area contributed by atoms with Gasteiger partial charge in [0.1, 0.15) is 23.3 Å². The highest BCUT2D eigenvalue weighted by Crippen LogP contribution is 2.27. The Morgan fingerprint density at radius 3 is 2.72 bits per heavy atom. The Kier molecular flexibility index (Phi) is 5.76. The molecule has 1 fully saturated rings. The summed E-state index contributed by atoms with van der Waals surface area (Å²) in [6.45, 7) is 3.73. The van der Waals surface area contributed by atoms with E-state index in [0.717, 1.165) is 29.3 Å². The van der Waals surface area contributed by atoms with Crippen molar-refractivity contribution in [2.45, 2.75) is 32.2 Å². The smallest absolute Gasteiger partial charge is 0.223 e. The summed E-state index contributed by atoms with van der Waals surface area (Å²) in [6, 6.07) is 11.7. The molecule has 1 aromatic heterocycles. The molecule has 0 radical (unpaired) electrons. The Hall–Kier alpha value is -2.27. The molecule has 1 atom stereocenters. The minimum absolute atomic E-state index is 0.127. The standard InChI is InChI=1S/C20H25NO4/c1-3-16-9-10-19(25-16)18-14-24-13-12-21(18)20(22)11-6-15-4-7-17(23-2)8-5-15/h4-5,7-10,18H,3,6,11-14H2,1-2H3/t18-/m1/s1. The molecule has 1 aromatic carbocycles. The number of methoxy groups -OCH3 is 1. The van der Waals surface area contributed by atoms with Crippen molar-refractivity contribution in [3.8, 4) is 5.75 Å². The molecule has 0 bridgehead atoms. The fourth-order valence-electron chi connectivity index (χ4n) is 3.09. The fraction of sp³-hybridized carbons (Fsp3) is 0.450. The molecule has 0 saturated carbocycles. The molecule has 0 spiro atoms. The first-order chi connectivity index (χ1) is 12.2. The first kappa shape index (κ1) is 17.5. The number of benzene rings is 1. The van der Waals surface area contributed by atoms with E-state index in [1.807, 2.05) is 41.3 Å². The first-order valence-electron chi connectivity index (χ1n) is 8.80. The molecule has 134 valence electrons. The highest BCUT2D eigenvalue weighted by molar-refractivity contribution is 5.77. The average molecular weight is 343 g/mol. The number of hydrogen-bond donors (Lipinski definition) is 0. The van der Waals surface area contributed by atoms with E-state index in [2.05, 4.69) is 6.92 Å². The number of nitrogens with zero attached hydrogens (tertiary/aromatic N) is 1. The third kappa shape index (κ3) is 4.23. The van der Waals surface area contributed by atoms with E-state index in [1.54, 1.807) is 7.11 Å². The van der Waals surface area contributed by atoms with Crippen molar-refractivity contribution in [1.82, 2.24) is 4.90 Å². The molecule has 25 heavy (non-hydrogen) atoms. The van der Waals surface area contributed by atoms with E-state index in [4.69, 9.17) is 13.9 Å². The maximum absolute atomic E-state index is 12.8. The van der Waals surface area contributed by atoms with Gasteiger partial charge in [-0.15, -0.1) is 0 Å². The molecule has 0 unspecified atom stereocenters. The second-order valence-electron chi connectivity index (χ2n) is 6.18. The largest absolute Gasteiger partial charge is 0.497 e. The van der Waals surface area contributed by atoms with Crippen molar-refractivity contribution in [2.24, 2.45) is 0 Å². The van der Waals surface area contributed by atoms with Crippen LogP contribution in [-0.4, -0.2) is 37.7 Å². The van der Waals surface area contributed by atoms with E-state index in [1.165, 1.54) is 0 Å². The molecule has 5 nitrogen and oxygen atoms in total. The van der Waals surface area contributed by atoms with E-state index in [9.17, 15) is 4.79 Å². The van der Waals surface area contributed by atoms with Gasteiger partial charge in [-0.2, -0.15) is 0 Å². The molecule has 2 aromatic rings. The van der Waals surface area contributed by atoms with Crippen molar-refractivity contribution in [2.75, 3.05) is 26.9 Å². The lowest BCUT2D eigenvalue weighted by Crippen LogP contribution is -2.43. The zero-order valence-corrected chi connectivity index (χ0v) is 14.9. The third-order valence-corrected chi connectivity index (χ3v) is 4.59. The molecule has 0 aliphatic carbocycles. The quantitative estimate of drug-likeness (QED) is 0.807. The number of morpholine rings is 1. The number of furan rings is 1. The summed E-state index contributed by atoms with van der Waals surface area (Å²) in [5.41, 5.74) is 1.13. The zero-order valence-electron chi connectivity index (χ0n) is 14.9. The second kappa shape index (κ2) is 8.21. The van der Waals surface area contributed by atoms with Crippen molar-refractivity contribution in [3.63, 3.8) is 0 Å². The SMILES string of the molecule is CCc1ccc([C@H]2COCCN2C(=O)CCc2ccc(OC)cc2)o1. The van der Waals surface area contributed by atoms with Crippen LogP contribution in [0.5, 0.6) is 5.75 Å². The lowest BCUT2D eigenvalue weighted by Gasteiger charge is -2.34. The van der Waals surface area contributed by atoms with Crippen LogP contribution in [-0.2, 0) is 22.4 Å². The van der Waals surface area contributed by atoms with Gasteiger partial charge in [0.05, 0.1) is 20.3 Å². The summed E-state index contributed by atoms with van der Waals surface area (Å²) >= 11 is 0. The lowest BCUT2D eigenvalue weighted by molar-refractivity contribution is -0.141. The number of amides is 1. The van der Waals surface area contributed by atoms with Crippen molar-refractivity contribution in [3.05, 3.63) is 53.5 Å². The summed E-state index contributed by atoms with van der Waals surface area (Å²) in [6.07, 6.45) is 2.04. The number of carbonyl (C=O) groups is 1. The van der Waals surface area contributed by atoms with Crippen molar-refractivity contribution in [1.29, 1.82) is 0 Å². The summed E-state index contributed by atoms with van der Waals surface area (Å²) in [5, 5.41) is 0. The van der Waals surface area contributed by atoms with Gasteiger partial charge < -0.3 is 18.8 Å². The molecule has 2 heterocycles. The number of carbonyl (C=O) groups excluding carboxylic acids is 1. The van der Waals surface area contributed by atoms with E-state index in [-0.39, 0.29) is 11.9 Å². The topological polar surface area (TPSA) is 51.9 Å². The maximum Gasteiger partial charge on any atom is 0.223 e. The third-order valence-electron chi connectivity index (χ3n) is 4.59. The second-order valence-corrected chi connectivity index (χ2v) is 6.18. The van der Waals surface area contributed by atoms with Crippen LogP contribution in [0, 0.1) is 0 Å². The van der Waals surface area contributed by atoms with Gasteiger partial charge in [-0.3, -0.25) is 4.79 Å². The van der Waals surface area contributed by atoms with E-state index >= 15 is 0 Å². The summed E-state index contributed by atoms with van der Waals surface area (Å²) in [5.74, 6) is 2.71. The molecular formula is C20H25NO4. The Morgan fingerprint density at radius 2 is 2.04 bits per heavy atom. The Labute approximate surface area is 148 Å². The summed E-state index contributed by atoms with van der Waals surface area (Å²) < 4.78 is 16.6. The monoisotopic (exact) mass is 343 g/mol. The van der Waals surface area contributed by atoms with Gasteiger partial charge >= 0.3 is 0 Å². The van der Waals surface area contributed by atoms with Crippen LogP contribution in [0.25, 0.3) is 0 Å². The Bertz CT molecular complexity index is 692. The van der Waals surface area contributed by atoms with Gasteiger partial charge in [0.25, 0.3) is 0 Å². The summed E-state index contributed by atoms with van der Waals surface area (Å²) in [7, 11) is 1.65. The fourth-order valence-corrected chi connectivity index (χ4v) is 3.09. The van der Waals surface area contributed by atoms with E-state index < -0.39 is 0 Å². The predicted octanol–water partition coefficient (Wildman–Crippen LogP) is 3.38. The molecule has 0 N–H and O–H groups in total. The van der Waals surface area contributed by atoms with Crippen LogP contribution in [0.3, 0.4) is 0 Å². The van der Waals surface area contributed by atoms with Crippen LogP contribution in [0.2, 0.25) is 0 Å². The molecule has 1 aliphatic heterocycles. The molecule has 5 heteroatoms. The van der Waals surface area contributed by atoms with Crippen LogP contribution >= 0.6 is 0 Å². The van der Waals surface area contributed by atoms with Gasteiger partial charge in [0, 0.05) is 19.4 Å². The Morgan fingerprint density at radius 1 is 1.24 bits per heavy atom. The van der Waals surface area contributed by atoms with Crippen LogP contribution < -0.4 is 4.74 Å². The van der Waals surface area contributed by atoms with Gasteiger partial charge in [-0.1, -0.05) is 19.1 Å². The van der Waals surface area contributed by atoms with Gasteiger partial charge in [-0.05, 0) is 36.2 Å². The van der Waals surface area contributed by atoms with Crippen LogP contribution in [0.1, 0.15) is 36.5 Å². The number of hydrogen-bond acceptors (Lipinski definition) is 4. The van der Waals surface area contributed by atoms with E-state index in [0.29, 0.717) is 32.6 Å². The minimum atomic E-state index is -0.127. The van der Waals surface area contributed by atoms with Crippen LogP contribution in [0.15, 0.2) is 40.8 Å². The van der Waals surface area contributed by atoms with Crippen LogP contribution in [0.4, 0.5) is 0 Å². The summed E-state index contributed by atoms with van der Waals surface area (Å²) in [4.78, 5) is 14.7. The molecule has 1 saturated heterocycles. The number of aryl methyl sites for hydroxylation is 2. The number of ether oxygens (including phenoxy) is 2. The number of rotatable bonds is 6. The molecule has 1 amide bonds. The minimum Gasteiger partial charge on any atom is -0.497 e. The first-order valence-corrected chi connectivity index (χ1v) is 8.80. The molecule has 1 aliphatic rings. The maximum atomic E-state index is 12.8. The van der Waals surface area contributed by atoms with Crippen molar-refractivity contribution < 1.29 is 18.7 Å².